The van der Waals surface area contributed by atoms with Gasteiger partial charge < -0.3 is 10.2 Å². The van der Waals surface area contributed by atoms with Crippen LogP contribution >= 0.6 is 46.4 Å². The first-order valence-corrected chi connectivity index (χ1v) is 15.9. The molecule has 0 unspecified atom stereocenters. The largest absolute Gasteiger partial charge is 0.354 e. The summed E-state index contributed by atoms with van der Waals surface area (Å²) in [5.74, 6) is -0.997. The van der Waals surface area contributed by atoms with Crippen molar-refractivity contribution in [3.8, 4) is 0 Å². The van der Waals surface area contributed by atoms with Crippen LogP contribution in [0, 0.1) is 6.92 Å². The number of anilines is 1. The topological polar surface area (TPSA) is 86.8 Å². The summed E-state index contributed by atoms with van der Waals surface area (Å²) in [4.78, 5) is 28.6. The summed E-state index contributed by atoms with van der Waals surface area (Å²) < 4.78 is 28.9. The third-order valence-electron chi connectivity index (χ3n) is 6.38. The molecule has 0 spiro atoms. The first-order chi connectivity index (χ1) is 19.4. The number of nitrogens with zero attached hydrogens (tertiary/aromatic N) is 2. The summed E-state index contributed by atoms with van der Waals surface area (Å²) in [6, 6.07) is 14.7. The highest BCUT2D eigenvalue weighted by atomic mass is 35.5. The Kier molecular flexibility index (Phi) is 11.8. The summed E-state index contributed by atoms with van der Waals surface area (Å²) in [7, 11) is -4.29. The highest BCUT2D eigenvalue weighted by molar-refractivity contribution is 7.92. The monoisotopic (exact) mass is 657 g/mol. The van der Waals surface area contributed by atoms with E-state index in [1.54, 1.807) is 43.3 Å². The molecule has 2 amide bonds. The van der Waals surface area contributed by atoms with Crippen molar-refractivity contribution in [2.75, 3.05) is 17.4 Å². The Labute approximate surface area is 261 Å². The molecule has 12 heteroatoms. The molecular weight excluding hydrogens is 628 g/mol. The van der Waals surface area contributed by atoms with Gasteiger partial charge in [0.15, 0.2) is 0 Å². The molecule has 0 aromatic heterocycles. The van der Waals surface area contributed by atoms with Gasteiger partial charge in [-0.2, -0.15) is 0 Å². The van der Waals surface area contributed by atoms with E-state index in [-0.39, 0.29) is 39.5 Å². The van der Waals surface area contributed by atoms with Gasteiger partial charge in [0.1, 0.15) is 12.6 Å². The van der Waals surface area contributed by atoms with Crippen molar-refractivity contribution in [1.82, 2.24) is 10.2 Å². The molecule has 1 N–H and O–H groups in total. The molecule has 3 rings (SSSR count). The molecule has 0 aliphatic rings. The van der Waals surface area contributed by atoms with Crippen LogP contribution in [-0.2, 0) is 26.2 Å². The van der Waals surface area contributed by atoms with Crippen LogP contribution in [0.4, 0.5) is 5.69 Å². The van der Waals surface area contributed by atoms with Crippen molar-refractivity contribution in [3.05, 3.63) is 91.9 Å². The smallest absolute Gasteiger partial charge is 0.264 e. The third kappa shape index (κ3) is 8.08. The number of hydrogen-bond donors (Lipinski definition) is 1. The molecule has 0 bridgehead atoms. The van der Waals surface area contributed by atoms with Crippen molar-refractivity contribution < 1.29 is 18.0 Å². The number of rotatable bonds is 12. The van der Waals surface area contributed by atoms with E-state index in [9.17, 15) is 18.0 Å². The Balaban J connectivity index is 2.12. The number of amides is 2. The lowest BCUT2D eigenvalue weighted by molar-refractivity contribution is -0.140. The average molecular weight is 659 g/mol. The second kappa shape index (κ2) is 14.6. The van der Waals surface area contributed by atoms with Gasteiger partial charge in [0, 0.05) is 23.1 Å². The Morgan fingerprint density at radius 1 is 0.927 bits per heavy atom. The lowest BCUT2D eigenvalue weighted by atomic mass is 10.1. The van der Waals surface area contributed by atoms with Gasteiger partial charge >= 0.3 is 0 Å². The minimum absolute atomic E-state index is 0.0287. The summed E-state index contributed by atoms with van der Waals surface area (Å²) in [6.45, 7) is 5.23. The number of hydrogen-bond acceptors (Lipinski definition) is 4. The standard InChI is InChI=1S/C29H31Cl4N3O4S/c1-4-15-34-29(38)25(5-2)35(17-20-11-12-21(30)16-24(20)32)27(37)18-36(26-8-6-7-23(31)28(26)33)41(39,40)22-13-9-19(3)10-14-22/h6-14,16,25H,4-5,15,17-18H2,1-3H3,(H,34,38)/t25-/m1/s1. The van der Waals surface area contributed by atoms with Gasteiger partial charge in [-0.1, -0.05) is 90.1 Å². The fourth-order valence-corrected chi connectivity index (χ4v) is 6.50. The maximum absolute atomic E-state index is 14.1. The Hall–Kier alpha value is -2.49. The Morgan fingerprint density at radius 3 is 2.22 bits per heavy atom. The van der Waals surface area contributed by atoms with Crippen molar-refractivity contribution in [1.29, 1.82) is 0 Å². The Bertz CT molecular complexity index is 1500. The molecular formula is C29H31Cl4N3O4S. The summed E-state index contributed by atoms with van der Waals surface area (Å²) in [5, 5.41) is 3.64. The van der Waals surface area contributed by atoms with E-state index in [1.807, 2.05) is 13.8 Å². The van der Waals surface area contributed by atoms with Crippen molar-refractivity contribution in [3.63, 3.8) is 0 Å². The molecule has 0 radical (unpaired) electrons. The number of nitrogens with one attached hydrogen (secondary N) is 1. The second-order valence-corrected chi connectivity index (χ2v) is 12.9. The fraction of sp³-hybridized carbons (Fsp3) is 0.310. The molecule has 220 valence electrons. The number of carbonyl (C=O) groups excluding carboxylic acids is 2. The molecule has 0 aliphatic heterocycles. The maximum Gasteiger partial charge on any atom is 0.264 e. The molecule has 7 nitrogen and oxygen atoms in total. The quantitative estimate of drug-likeness (QED) is 0.224. The number of aryl methyl sites for hydroxylation is 1. The average Bonchev–Trinajstić information content (AvgIpc) is 2.93. The Morgan fingerprint density at radius 2 is 1.61 bits per heavy atom. The van der Waals surface area contributed by atoms with Crippen LogP contribution in [0.15, 0.2) is 65.6 Å². The zero-order valence-corrected chi connectivity index (χ0v) is 26.7. The van der Waals surface area contributed by atoms with Crippen LogP contribution in [0.1, 0.15) is 37.8 Å². The van der Waals surface area contributed by atoms with E-state index in [0.29, 0.717) is 28.6 Å². The molecule has 0 aliphatic carbocycles. The van der Waals surface area contributed by atoms with Crippen molar-refractivity contribution in [2.45, 2.75) is 51.1 Å². The van der Waals surface area contributed by atoms with Gasteiger partial charge in [-0.15, -0.1) is 0 Å². The van der Waals surface area contributed by atoms with Gasteiger partial charge in [-0.05, 0) is 61.7 Å². The van der Waals surface area contributed by atoms with E-state index in [2.05, 4.69) is 5.32 Å². The molecule has 0 saturated heterocycles. The third-order valence-corrected chi connectivity index (χ3v) is 9.55. The zero-order chi connectivity index (χ0) is 30.3. The van der Waals surface area contributed by atoms with Gasteiger partial charge in [0.25, 0.3) is 10.0 Å². The van der Waals surface area contributed by atoms with Crippen LogP contribution in [0.2, 0.25) is 20.1 Å². The SMILES string of the molecule is CCCNC(=O)[C@@H](CC)N(Cc1ccc(Cl)cc1Cl)C(=O)CN(c1cccc(Cl)c1Cl)S(=O)(=O)c1ccc(C)cc1. The lowest BCUT2D eigenvalue weighted by Crippen LogP contribution is -2.52. The van der Waals surface area contributed by atoms with Crippen LogP contribution in [0.3, 0.4) is 0 Å². The van der Waals surface area contributed by atoms with E-state index in [0.717, 1.165) is 9.87 Å². The second-order valence-electron chi connectivity index (χ2n) is 9.37. The molecule has 3 aromatic carbocycles. The van der Waals surface area contributed by atoms with Crippen molar-refractivity contribution >= 4 is 73.9 Å². The van der Waals surface area contributed by atoms with Crippen LogP contribution in [-0.4, -0.2) is 44.3 Å². The van der Waals surface area contributed by atoms with E-state index >= 15 is 0 Å². The zero-order valence-electron chi connectivity index (χ0n) is 22.8. The number of halogens is 4. The first-order valence-electron chi connectivity index (χ1n) is 12.9. The van der Waals surface area contributed by atoms with Gasteiger partial charge in [0.05, 0.1) is 20.6 Å². The van der Waals surface area contributed by atoms with Gasteiger partial charge in [-0.3, -0.25) is 13.9 Å². The first kappa shape index (κ1) is 33.0. The predicted molar refractivity (Wildman–Crippen MR) is 167 cm³/mol. The van der Waals surface area contributed by atoms with E-state index in [4.69, 9.17) is 46.4 Å². The summed E-state index contributed by atoms with van der Waals surface area (Å²) in [5.41, 5.74) is 1.43. The number of benzene rings is 3. The van der Waals surface area contributed by atoms with Gasteiger partial charge in [-0.25, -0.2) is 8.42 Å². The fourth-order valence-electron chi connectivity index (χ4n) is 4.15. The van der Waals surface area contributed by atoms with E-state index in [1.165, 1.54) is 29.2 Å². The van der Waals surface area contributed by atoms with Crippen LogP contribution in [0.25, 0.3) is 0 Å². The van der Waals surface area contributed by atoms with Crippen LogP contribution < -0.4 is 9.62 Å². The summed E-state index contributed by atoms with van der Waals surface area (Å²) in [6.07, 6.45) is 0.976. The molecule has 0 saturated carbocycles. The molecule has 1 atom stereocenters. The number of sulfonamides is 1. The predicted octanol–water partition coefficient (Wildman–Crippen LogP) is 7.14. The summed E-state index contributed by atoms with van der Waals surface area (Å²) >= 11 is 25.2. The van der Waals surface area contributed by atoms with E-state index < -0.39 is 28.5 Å². The molecule has 0 fully saturated rings. The minimum Gasteiger partial charge on any atom is -0.354 e. The number of carbonyl (C=O) groups is 2. The highest BCUT2D eigenvalue weighted by Crippen LogP contribution is 2.36. The lowest BCUT2D eigenvalue weighted by Gasteiger charge is -2.33. The normalized spacial score (nSPS) is 12.1. The minimum atomic E-state index is -4.29. The van der Waals surface area contributed by atoms with Crippen LogP contribution in [0.5, 0.6) is 0 Å². The van der Waals surface area contributed by atoms with Crippen molar-refractivity contribution in [2.24, 2.45) is 0 Å². The maximum atomic E-state index is 14.1. The molecule has 41 heavy (non-hydrogen) atoms. The molecule has 3 aromatic rings. The highest BCUT2D eigenvalue weighted by Gasteiger charge is 2.34. The van der Waals surface area contributed by atoms with Gasteiger partial charge in [0.2, 0.25) is 11.8 Å². The molecule has 0 heterocycles.